The highest BCUT2D eigenvalue weighted by molar-refractivity contribution is 8.14. The smallest absolute Gasteiger partial charge is 0.219 e. The molecule has 2 aromatic rings. The Morgan fingerprint density at radius 3 is 2.33 bits per heavy atom. The molecule has 2 heterocycles. The Bertz CT molecular complexity index is 700. The first-order valence-corrected chi connectivity index (χ1v) is 7.63. The second kappa shape index (κ2) is 5.26. The van der Waals surface area contributed by atoms with Crippen LogP contribution < -0.4 is 5.32 Å². The number of hydrogen-bond donors (Lipinski definition) is 1. The monoisotopic (exact) mass is 295 g/mol. The highest BCUT2D eigenvalue weighted by atomic mass is 32.2. The van der Waals surface area contributed by atoms with Crippen molar-refractivity contribution in [2.45, 2.75) is 11.6 Å². The Balaban J connectivity index is 1.51. The maximum absolute atomic E-state index is 5.90. The van der Waals surface area contributed by atoms with Gasteiger partial charge in [-0.25, -0.2) is 9.98 Å². The van der Waals surface area contributed by atoms with Crippen LogP contribution in [-0.4, -0.2) is 22.7 Å². The average Bonchev–Trinajstić information content (AvgIpc) is 3.07. The summed E-state index contributed by atoms with van der Waals surface area (Å²) in [5, 5.41) is 4.14. The minimum Gasteiger partial charge on any atom is -0.458 e. The molecular formula is C16H13N3OS. The summed E-state index contributed by atoms with van der Waals surface area (Å²) in [5.41, 5.74) is 1.96. The lowest BCUT2D eigenvalue weighted by molar-refractivity contribution is 0.289. The first kappa shape index (κ1) is 12.5. The summed E-state index contributed by atoms with van der Waals surface area (Å²) < 4.78 is 5.90. The minimum atomic E-state index is -0.156. The number of nitrogens with zero attached hydrogens (tertiary/aromatic N) is 2. The van der Waals surface area contributed by atoms with Crippen LogP contribution in [0, 0.1) is 0 Å². The second-order valence-corrected chi connectivity index (χ2v) is 5.83. The van der Waals surface area contributed by atoms with Gasteiger partial charge in [-0.05, 0) is 36.0 Å². The number of para-hydroxylation sites is 1. The van der Waals surface area contributed by atoms with Gasteiger partial charge in [-0.3, -0.25) is 0 Å². The molecule has 2 aromatic carbocycles. The van der Waals surface area contributed by atoms with Crippen molar-refractivity contribution < 1.29 is 4.74 Å². The molecule has 0 saturated heterocycles. The van der Waals surface area contributed by atoms with Gasteiger partial charge < -0.3 is 10.1 Å². The normalized spacial score (nSPS) is 23.0. The summed E-state index contributed by atoms with van der Waals surface area (Å²) in [6.07, 6.45) is -0.156. The van der Waals surface area contributed by atoms with Crippen molar-refractivity contribution in [2.75, 3.05) is 5.32 Å². The summed E-state index contributed by atoms with van der Waals surface area (Å²) in [4.78, 5) is 9.14. The van der Waals surface area contributed by atoms with Gasteiger partial charge in [0.05, 0.1) is 0 Å². The molecule has 21 heavy (non-hydrogen) atoms. The van der Waals surface area contributed by atoms with Crippen molar-refractivity contribution in [3.8, 4) is 0 Å². The van der Waals surface area contributed by atoms with E-state index in [0.29, 0.717) is 5.90 Å². The number of anilines is 1. The third-order valence-corrected chi connectivity index (χ3v) is 4.25. The van der Waals surface area contributed by atoms with Gasteiger partial charge in [0.1, 0.15) is 0 Å². The lowest BCUT2D eigenvalue weighted by atomic mass is 10.2. The number of ether oxygens (including phenoxy) is 1. The SMILES string of the molecule is c1ccc(NC2=NC3N=C(c4ccccc4)OC3S2)cc1. The number of nitrogens with one attached hydrogen (secondary N) is 1. The summed E-state index contributed by atoms with van der Waals surface area (Å²) in [6, 6.07) is 19.9. The molecule has 0 aromatic heterocycles. The summed E-state index contributed by atoms with van der Waals surface area (Å²) in [7, 11) is 0. The van der Waals surface area contributed by atoms with Gasteiger partial charge in [0.15, 0.2) is 16.8 Å². The van der Waals surface area contributed by atoms with Gasteiger partial charge in [0, 0.05) is 11.3 Å². The molecule has 0 bridgehead atoms. The molecule has 2 aliphatic heterocycles. The fraction of sp³-hybridized carbons (Fsp3) is 0.125. The largest absolute Gasteiger partial charge is 0.458 e. The Kier molecular flexibility index (Phi) is 3.12. The molecule has 4 nitrogen and oxygen atoms in total. The van der Waals surface area contributed by atoms with Crippen molar-refractivity contribution in [1.82, 2.24) is 0 Å². The van der Waals surface area contributed by atoms with Crippen molar-refractivity contribution in [3.05, 3.63) is 66.2 Å². The Hall–Kier alpha value is -2.27. The number of hydrogen-bond acceptors (Lipinski definition) is 5. The predicted octanol–water partition coefficient (Wildman–Crippen LogP) is 3.33. The third kappa shape index (κ3) is 2.52. The molecule has 0 fully saturated rings. The Morgan fingerprint density at radius 1 is 0.905 bits per heavy atom. The summed E-state index contributed by atoms with van der Waals surface area (Å²) >= 11 is 1.58. The van der Waals surface area contributed by atoms with E-state index in [1.807, 2.05) is 60.7 Å². The predicted molar refractivity (Wildman–Crippen MR) is 86.7 cm³/mol. The quantitative estimate of drug-likeness (QED) is 0.924. The first-order valence-electron chi connectivity index (χ1n) is 6.75. The molecule has 2 unspecified atom stereocenters. The number of thioether (sulfide) groups is 1. The molecule has 2 atom stereocenters. The maximum atomic E-state index is 5.90. The molecule has 104 valence electrons. The number of rotatable bonds is 2. The lowest BCUT2D eigenvalue weighted by Gasteiger charge is -2.09. The van der Waals surface area contributed by atoms with Crippen molar-refractivity contribution in [1.29, 1.82) is 0 Å². The van der Waals surface area contributed by atoms with Gasteiger partial charge in [-0.1, -0.05) is 36.4 Å². The van der Waals surface area contributed by atoms with E-state index in [4.69, 9.17) is 4.74 Å². The molecule has 0 saturated carbocycles. The fourth-order valence-corrected chi connectivity index (χ4v) is 3.20. The summed E-state index contributed by atoms with van der Waals surface area (Å²) in [6.45, 7) is 0. The van der Waals surface area contributed by atoms with Gasteiger partial charge in [-0.15, -0.1) is 0 Å². The van der Waals surface area contributed by atoms with Crippen LogP contribution in [0.15, 0.2) is 70.6 Å². The molecule has 1 N–H and O–H groups in total. The molecule has 5 heteroatoms. The van der Waals surface area contributed by atoms with Crippen LogP contribution >= 0.6 is 11.8 Å². The van der Waals surface area contributed by atoms with E-state index in [9.17, 15) is 0 Å². The van der Waals surface area contributed by atoms with E-state index < -0.39 is 0 Å². The standard InChI is InChI=1S/C16H13N3OS/c1-3-7-11(8-4-1)14-18-13-15(20-14)21-16(19-13)17-12-9-5-2-6-10-12/h1-10,13,15H,(H,17,19). The van der Waals surface area contributed by atoms with Crippen molar-refractivity contribution >= 4 is 28.5 Å². The maximum Gasteiger partial charge on any atom is 0.219 e. The highest BCUT2D eigenvalue weighted by Crippen LogP contribution is 2.34. The van der Waals surface area contributed by atoms with Crippen LogP contribution in [0.25, 0.3) is 0 Å². The number of fused-ring (bicyclic) bond motifs is 1. The minimum absolute atomic E-state index is 0.0635. The second-order valence-electron chi connectivity index (χ2n) is 4.74. The lowest BCUT2D eigenvalue weighted by Crippen LogP contribution is -2.13. The molecule has 0 spiro atoms. The van der Waals surface area contributed by atoms with E-state index >= 15 is 0 Å². The van der Waals surface area contributed by atoms with E-state index in [2.05, 4.69) is 15.3 Å². The van der Waals surface area contributed by atoms with Gasteiger partial charge >= 0.3 is 0 Å². The van der Waals surface area contributed by atoms with Gasteiger partial charge in [-0.2, -0.15) is 0 Å². The van der Waals surface area contributed by atoms with E-state index in [-0.39, 0.29) is 11.6 Å². The Labute approximate surface area is 127 Å². The number of aliphatic imine (C=N–C) groups is 2. The Morgan fingerprint density at radius 2 is 1.62 bits per heavy atom. The molecule has 0 amide bonds. The molecule has 0 radical (unpaired) electrons. The van der Waals surface area contributed by atoms with Crippen LogP contribution in [0.1, 0.15) is 5.56 Å². The van der Waals surface area contributed by atoms with Gasteiger partial charge in [0.25, 0.3) is 0 Å². The topological polar surface area (TPSA) is 46.0 Å². The van der Waals surface area contributed by atoms with E-state index in [1.54, 1.807) is 11.8 Å². The average molecular weight is 295 g/mol. The van der Waals surface area contributed by atoms with Crippen LogP contribution in [0.2, 0.25) is 0 Å². The third-order valence-electron chi connectivity index (χ3n) is 3.24. The molecule has 0 aliphatic carbocycles. The zero-order chi connectivity index (χ0) is 14.1. The van der Waals surface area contributed by atoms with Crippen LogP contribution in [0.5, 0.6) is 0 Å². The molecule has 2 aliphatic rings. The van der Waals surface area contributed by atoms with Crippen LogP contribution in [0.3, 0.4) is 0 Å². The highest BCUT2D eigenvalue weighted by Gasteiger charge is 2.38. The van der Waals surface area contributed by atoms with Crippen molar-refractivity contribution in [2.24, 2.45) is 9.98 Å². The summed E-state index contributed by atoms with van der Waals surface area (Å²) in [5.74, 6) is 0.681. The van der Waals surface area contributed by atoms with E-state index in [0.717, 1.165) is 16.4 Å². The fourth-order valence-electron chi connectivity index (χ4n) is 2.25. The number of benzene rings is 2. The first-order chi connectivity index (χ1) is 10.4. The zero-order valence-electron chi connectivity index (χ0n) is 11.1. The van der Waals surface area contributed by atoms with Crippen LogP contribution in [-0.2, 0) is 4.74 Å². The van der Waals surface area contributed by atoms with Crippen LogP contribution in [0.4, 0.5) is 5.69 Å². The molecular weight excluding hydrogens is 282 g/mol. The van der Waals surface area contributed by atoms with E-state index in [1.165, 1.54) is 0 Å². The van der Waals surface area contributed by atoms with Crippen molar-refractivity contribution in [3.63, 3.8) is 0 Å². The van der Waals surface area contributed by atoms with Gasteiger partial charge in [0.2, 0.25) is 5.90 Å². The molecule has 4 rings (SSSR count). The number of amidine groups is 1. The zero-order valence-corrected chi connectivity index (χ0v) is 12.0.